The fourth-order valence-corrected chi connectivity index (χ4v) is 2.26. The number of methoxy groups -OCH3 is 1. The van der Waals surface area contributed by atoms with Gasteiger partial charge in [-0.15, -0.1) is 0 Å². The zero-order valence-corrected chi connectivity index (χ0v) is 12.6. The van der Waals surface area contributed by atoms with Crippen molar-refractivity contribution in [2.45, 2.75) is 20.3 Å². The highest BCUT2D eigenvalue weighted by Gasteiger charge is 2.19. The maximum atomic E-state index is 12.1. The molecule has 0 aliphatic heterocycles. The third kappa shape index (κ3) is 4.78. The Morgan fingerprint density at radius 2 is 2.15 bits per heavy atom. The van der Waals surface area contributed by atoms with Gasteiger partial charge in [0.25, 0.3) is 5.91 Å². The molecule has 0 unspecified atom stereocenters. The summed E-state index contributed by atoms with van der Waals surface area (Å²) in [6.07, 6.45) is 0.106. The van der Waals surface area contributed by atoms with Crippen LogP contribution in [0.4, 0.5) is 9.80 Å². The summed E-state index contributed by atoms with van der Waals surface area (Å²) in [7, 11) is 1.26. The molecule has 0 saturated heterocycles. The lowest BCUT2D eigenvalue weighted by Gasteiger charge is -2.07. The van der Waals surface area contributed by atoms with Gasteiger partial charge in [-0.1, -0.05) is 0 Å². The number of anilines is 1. The smallest absolute Gasteiger partial charge is 0.412 e. The Kier molecular flexibility index (Phi) is 6.96. The maximum Gasteiger partial charge on any atom is 0.412 e. The molecule has 0 spiro atoms. The predicted octanol–water partition coefficient (Wildman–Crippen LogP) is 1.79. The molecule has 0 aliphatic rings. The number of carbonyl (C=O) groups is 2. The van der Waals surface area contributed by atoms with E-state index in [1.165, 1.54) is 7.11 Å². The largest absolute Gasteiger partial charge is 0.453 e. The van der Waals surface area contributed by atoms with Crippen LogP contribution in [0.25, 0.3) is 0 Å². The Labute approximate surface area is 121 Å². The minimum Gasteiger partial charge on any atom is -0.453 e. The van der Waals surface area contributed by atoms with Gasteiger partial charge in [0, 0.05) is 19.8 Å². The molecule has 7 nitrogen and oxygen atoms in total. The van der Waals surface area contributed by atoms with Crippen molar-refractivity contribution >= 4 is 28.5 Å². The van der Waals surface area contributed by atoms with E-state index in [9.17, 15) is 9.59 Å². The van der Waals surface area contributed by atoms with Crippen LogP contribution in [-0.2, 0) is 9.47 Å². The summed E-state index contributed by atoms with van der Waals surface area (Å²) in [4.78, 5) is 23.3. The first-order valence-electron chi connectivity index (χ1n) is 6.27. The highest BCUT2D eigenvalue weighted by molar-refractivity contribution is 7.11. The summed E-state index contributed by atoms with van der Waals surface area (Å²) in [5.41, 5.74) is 0.945. The number of rotatable bonds is 7. The van der Waals surface area contributed by atoms with Gasteiger partial charge in [0.2, 0.25) is 0 Å². The standard InChI is InChI=1S/C12H19N3O4S/c1-4-19-7-5-6-13-10(16)9-8(2)15-20-11(9)14-12(17)18-3/h4-7H2,1-3H3,(H,13,16)(H,14,17). The van der Waals surface area contributed by atoms with Crippen molar-refractivity contribution in [3.05, 3.63) is 11.3 Å². The number of aryl methyl sites for hydroxylation is 1. The molecule has 112 valence electrons. The molecule has 0 atom stereocenters. The molecule has 0 radical (unpaired) electrons. The predicted molar refractivity (Wildman–Crippen MR) is 76.3 cm³/mol. The Morgan fingerprint density at radius 3 is 2.80 bits per heavy atom. The molecule has 1 rings (SSSR count). The molecule has 0 saturated carbocycles. The summed E-state index contributed by atoms with van der Waals surface area (Å²) in [5, 5.41) is 5.64. The SMILES string of the molecule is CCOCCCNC(=O)c1c(C)nsc1NC(=O)OC. The molecule has 1 aromatic rings. The van der Waals surface area contributed by atoms with Gasteiger partial charge in [0.1, 0.15) is 5.00 Å². The Balaban J connectivity index is 2.58. The van der Waals surface area contributed by atoms with Crippen LogP contribution < -0.4 is 10.6 Å². The van der Waals surface area contributed by atoms with Gasteiger partial charge < -0.3 is 14.8 Å². The van der Waals surface area contributed by atoms with Crippen LogP contribution in [0.5, 0.6) is 0 Å². The van der Waals surface area contributed by atoms with E-state index in [0.29, 0.717) is 36.0 Å². The van der Waals surface area contributed by atoms with Crippen LogP contribution >= 0.6 is 11.5 Å². The second-order valence-corrected chi connectivity index (χ2v) is 4.67. The Bertz CT molecular complexity index is 462. The van der Waals surface area contributed by atoms with Gasteiger partial charge in [-0.05, 0) is 31.8 Å². The average molecular weight is 301 g/mol. The topological polar surface area (TPSA) is 89.5 Å². The van der Waals surface area contributed by atoms with Crippen molar-refractivity contribution in [3.63, 3.8) is 0 Å². The molecule has 0 fully saturated rings. The zero-order valence-electron chi connectivity index (χ0n) is 11.8. The summed E-state index contributed by atoms with van der Waals surface area (Å²) >= 11 is 1.05. The summed E-state index contributed by atoms with van der Waals surface area (Å²) in [6, 6.07) is 0. The lowest BCUT2D eigenvalue weighted by molar-refractivity contribution is 0.0944. The van der Waals surface area contributed by atoms with Gasteiger partial charge >= 0.3 is 6.09 Å². The number of nitrogens with zero attached hydrogens (tertiary/aromatic N) is 1. The third-order valence-corrected chi connectivity index (χ3v) is 3.30. The van der Waals surface area contributed by atoms with Crippen molar-refractivity contribution in [1.29, 1.82) is 0 Å². The Morgan fingerprint density at radius 1 is 1.40 bits per heavy atom. The number of aromatic nitrogens is 1. The number of carbonyl (C=O) groups excluding carboxylic acids is 2. The fourth-order valence-electron chi connectivity index (χ4n) is 1.48. The first kappa shape index (κ1) is 16.4. The van der Waals surface area contributed by atoms with Crippen LogP contribution in [0.15, 0.2) is 0 Å². The highest BCUT2D eigenvalue weighted by Crippen LogP contribution is 2.24. The second-order valence-electron chi connectivity index (χ2n) is 3.90. The van der Waals surface area contributed by atoms with Gasteiger partial charge in [0.05, 0.1) is 18.4 Å². The number of nitrogens with one attached hydrogen (secondary N) is 2. The van der Waals surface area contributed by atoms with Crippen LogP contribution in [0.3, 0.4) is 0 Å². The molecule has 2 N–H and O–H groups in total. The van der Waals surface area contributed by atoms with Gasteiger partial charge in [0.15, 0.2) is 0 Å². The lowest BCUT2D eigenvalue weighted by Crippen LogP contribution is -2.26. The molecular weight excluding hydrogens is 282 g/mol. The molecule has 20 heavy (non-hydrogen) atoms. The van der Waals surface area contributed by atoms with E-state index < -0.39 is 6.09 Å². The molecule has 0 bridgehead atoms. The summed E-state index contributed by atoms with van der Waals surface area (Å²) in [5.74, 6) is -0.265. The molecular formula is C12H19N3O4S. The monoisotopic (exact) mass is 301 g/mol. The zero-order chi connectivity index (χ0) is 15.0. The maximum absolute atomic E-state index is 12.1. The Hall–Kier alpha value is -1.67. The van der Waals surface area contributed by atoms with Crippen molar-refractivity contribution in [3.8, 4) is 0 Å². The molecule has 1 heterocycles. The van der Waals surface area contributed by atoms with Gasteiger partial charge in [-0.25, -0.2) is 4.79 Å². The van der Waals surface area contributed by atoms with Crippen molar-refractivity contribution < 1.29 is 19.1 Å². The van der Waals surface area contributed by atoms with Crippen molar-refractivity contribution in [1.82, 2.24) is 9.69 Å². The van der Waals surface area contributed by atoms with Gasteiger partial charge in [-0.2, -0.15) is 4.37 Å². The van der Waals surface area contributed by atoms with Crippen LogP contribution in [0.1, 0.15) is 29.4 Å². The van der Waals surface area contributed by atoms with Crippen molar-refractivity contribution in [2.24, 2.45) is 0 Å². The number of hydrogen-bond acceptors (Lipinski definition) is 6. The van der Waals surface area contributed by atoms with E-state index in [1.54, 1.807) is 6.92 Å². The van der Waals surface area contributed by atoms with E-state index >= 15 is 0 Å². The minimum atomic E-state index is -0.626. The second kappa shape index (κ2) is 8.49. The van der Waals surface area contributed by atoms with Crippen LogP contribution in [0.2, 0.25) is 0 Å². The van der Waals surface area contributed by atoms with E-state index in [-0.39, 0.29) is 5.91 Å². The summed E-state index contributed by atoms with van der Waals surface area (Å²) in [6.45, 7) is 5.41. The van der Waals surface area contributed by atoms with E-state index in [4.69, 9.17) is 4.74 Å². The average Bonchev–Trinajstić information content (AvgIpc) is 2.79. The van der Waals surface area contributed by atoms with Crippen LogP contribution in [-0.4, -0.2) is 43.2 Å². The first-order valence-corrected chi connectivity index (χ1v) is 7.04. The van der Waals surface area contributed by atoms with Gasteiger partial charge in [-0.3, -0.25) is 10.1 Å². The number of amides is 2. The lowest BCUT2D eigenvalue weighted by atomic mass is 10.2. The molecule has 1 aromatic heterocycles. The molecule has 8 heteroatoms. The van der Waals surface area contributed by atoms with E-state index in [0.717, 1.165) is 18.0 Å². The van der Waals surface area contributed by atoms with E-state index in [1.807, 2.05) is 6.92 Å². The summed E-state index contributed by atoms with van der Waals surface area (Å²) < 4.78 is 13.8. The molecule has 2 amide bonds. The third-order valence-electron chi connectivity index (χ3n) is 2.45. The fraction of sp³-hybridized carbons (Fsp3) is 0.583. The molecule has 0 aromatic carbocycles. The normalized spacial score (nSPS) is 10.2. The quantitative estimate of drug-likeness (QED) is 0.749. The van der Waals surface area contributed by atoms with Crippen LogP contribution in [0, 0.1) is 6.92 Å². The highest BCUT2D eigenvalue weighted by atomic mass is 32.1. The number of hydrogen-bond donors (Lipinski definition) is 2. The van der Waals surface area contributed by atoms with Crippen molar-refractivity contribution in [2.75, 3.05) is 32.2 Å². The minimum absolute atomic E-state index is 0.265. The number of ether oxygens (including phenoxy) is 2. The first-order chi connectivity index (χ1) is 9.60. The molecule has 0 aliphatic carbocycles. The van der Waals surface area contributed by atoms with E-state index in [2.05, 4.69) is 19.7 Å².